The van der Waals surface area contributed by atoms with E-state index in [1.165, 1.54) is 23.9 Å². The zero-order chi connectivity index (χ0) is 21.8. The fraction of sp³-hybridized carbons (Fsp3) is 0.190. The lowest BCUT2D eigenvalue weighted by atomic mass is 10.2. The number of carboxylic acids is 1. The number of likely N-dealkylation sites (N-methyl/N-ethyl adjacent to an activating group) is 1. The first-order valence-corrected chi connectivity index (χ1v) is 10.5. The molecular formula is C21H19BrN2O5S. The van der Waals surface area contributed by atoms with Crippen molar-refractivity contribution >= 4 is 56.5 Å². The molecule has 1 N–H and O–H groups in total. The maximum Gasteiger partial charge on any atom is 0.335 e. The number of amides is 1. The van der Waals surface area contributed by atoms with E-state index in [1.807, 2.05) is 13.0 Å². The lowest BCUT2D eigenvalue weighted by Crippen LogP contribution is -2.28. The van der Waals surface area contributed by atoms with Crippen molar-refractivity contribution in [3.05, 3.63) is 56.9 Å². The molecule has 3 rings (SSSR count). The topological polar surface area (TPSA) is 88.4 Å². The number of amidine groups is 1. The Balaban J connectivity index is 1.94. The van der Waals surface area contributed by atoms with Gasteiger partial charge in [0.2, 0.25) is 0 Å². The van der Waals surface area contributed by atoms with Gasteiger partial charge in [-0.05, 0) is 82.7 Å². The second-order valence-corrected chi connectivity index (χ2v) is 8.01. The molecule has 0 unspecified atom stereocenters. The third-order valence-corrected chi connectivity index (χ3v) is 5.89. The molecule has 0 radical (unpaired) electrons. The number of hydrogen-bond acceptors (Lipinski definition) is 6. The van der Waals surface area contributed by atoms with Gasteiger partial charge in [-0.1, -0.05) is 0 Å². The highest BCUT2D eigenvalue weighted by Crippen LogP contribution is 2.39. The molecule has 1 amide bonds. The molecule has 2 aromatic rings. The highest BCUT2D eigenvalue weighted by atomic mass is 79.9. The van der Waals surface area contributed by atoms with Crippen LogP contribution in [0.2, 0.25) is 0 Å². The number of benzene rings is 2. The van der Waals surface area contributed by atoms with E-state index in [0.29, 0.717) is 38.3 Å². The molecule has 1 saturated heterocycles. The summed E-state index contributed by atoms with van der Waals surface area (Å²) in [6, 6.07) is 9.83. The zero-order valence-electron chi connectivity index (χ0n) is 16.5. The second-order valence-electron chi connectivity index (χ2n) is 6.14. The molecule has 1 heterocycles. The third kappa shape index (κ3) is 4.52. The monoisotopic (exact) mass is 490 g/mol. The van der Waals surface area contributed by atoms with Gasteiger partial charge in [0.05, 0.1) is 34.8 Å². The summed E-state index contributed by atoms with van der Waals surface area (Å²) >= 11 is 4.72. The SMILES string of the molecule is CCN1C(=O)C(=Cc2cc(Br)c(OC)c(OC)c2)SC1=Nc1ccc(C(=O)O)cc1. The number of carbonyl (C=O) groups excluding carboxylic acids is 1. The molecule has 1 aliphatic heterocycles. The number of methoxy groups -OCH3 is 2. The van der Waals surface area contributed by atoms with E-state index < -0.39 is 5.97 Å². The Morgan fingerprint density at radius 1 is 1.23 bits per heavy atom. The van der Waals surface area contributed by atoms with Crippen LogP contribution in [0.3, 0.4) is 0 Å². The van der Waals surface area contributed by atoms with Gasteiger partial charge in [0, 0.05) is 6.54 Å². The van der Waals surface area contributed by atoms with Crippen LogP contribution in [0, 0.1) is 0 Å². The van der Waals surface area contributed by atoms with Crippen LogP contribution in [-0.2, 0) is 4.79 Å². The number of halogens is 1. The number of nitrogens with zero attached hydrogens (tertiary/aromatic N) is 2. The van der Waals surface area contributed by atoms with Crippen LogP contribution in [-0.4, -0.2) is 47.8 Å². The van der Waals surface area contributed by atoms with E-state index in [4.69, 9.17) is 14.6 Å². The number of thioether (sulfide) groups is 1. The van der Waals surface area contributed by atoms with Crippen molar-refractivity contribution in [2.45, 2.75) is 6.92 Å². The van der Waals surface area contributed by atoms with E-state index in [9.17, 15) is 9.59 Å². The molecule has 0 spiro atoms. The Labute approximate surface area is 186 Å². The van der Waals surface area contributed by atoms with E-state index in [1.54, 1.807) is 43.4 Å². The Hall–Kier alpha value is -2.78. The van der Waals surface area contributed by atoms with Crippen LogP contribution in [0.15, 0.2) is 50.8 Å². The predicted octanol–water partition coefficient (Wildman–Crippen LogP) is 4.79. The lowest BCUT2D eigenvalue weighted by Gasteiger charge is -2.12. The molecule has 1 aliphatic rings. The minimum atomic E-state index is -0.999. The molecule has 0 aliphatic carbocycles. The first kappa shape index (κ1) is 21.9. The summed E-state index contributed by atoms with van der Waals surface area (Å²) in [6.45, 7) is 2.34. The molecular weight excluding hydrogens is 472 g/mol. The Bertz CT molecular complexity index is 1050. The zero-order valence-corrected chi connectivity index (χ0v) is 18.9. The molecule has 2 aromatic carbocycles. The van der Waals surface area contributed by atoms with E-state index in [0.717, 1.165) is 5.56 Å². The summed E-state index contributed by atoms with van der Waals surface area (Å²) in [6.07, 6.45) is 1.78. The normalized spacial score (nSPS) is 16.4. The van der Waals surface area contributed by atoms with Crippen LogP contribution in [0.25, 0.3) is 6.08 Å². The second kappa shape index (κ2) is 9.36. The first-order chi connectivity index (χ1) is 14.4. The molecule has 1 fully saturated rings. The largest absolute Gasteiger partial charge is 0.493 e. The summed E-state index contributed by atoms with van der Waals surface area (Å²) in [5.41, 5.74) is 1.53. The molecule has 0 saturated carbocycles. The van der Waals surface area contributed by atoms with Crippen molar-refractivity contribution in [2.75, 3.05) is 20.8 Å². The van der Waals surface area contributed by atoms with Crippen molar-refractivity contribution in [1.82, 2.24) is 4.90 Å². The number of aliphatic imine (C=N–C) groups is 1. The molecule has 30 heavy (non-hydrogen) atoms. The smallest absolute Gasteiger partial charge is 0.335 e. The van der Waals surface area contributed by atoms with Crippen LogP contribution in [0.4, 0.5) is 5.69 Å². The number of carboxylic acid groups (broad SMARTS) is 1. The molecule has 7 nitrogen and oxygen atoms in total. The van der Waals surface area contributed by atoms with Gasteiger partial charge in [-0.25, -0.2) is 9.79 Å². The fourth-order valence-corrected chi connectivity index (χ4v) is 4.52. The number of rotatable bonds is 6. The average molecular weight is 491 g/mol. The summed E-state index contributed by atoms with van der Waals surface area (Å²) in [7, 11) is 3.11. The average Bonchev–Trinajstić information content (AvgIpc) is 3.01. The standard InChI is InChI=1S/C21H19BrN2O5S/c1-4-24-19(25)17(11-12-9-15(22)18(29-3)16(10-12)28-2)30-21(24)23-14-7-5-13(6-8-14)20(26)27/h5-11H,4H2,1-3H3,(H,26,27). The highest BCUT2D eigenvalue weighted by molar-refractivity contribution is 9.10. The fourth-order valence-electron chi connectivity index (χ4n) is 2.83. The number of carbonyl (C=O) groups is 2. The quantitative estimate of drug-likeness (QED) is 0.585. The maximum absolute atomic E-state index is 12.9. The summed E-state index contributed by atoms with van der Waals surface area (Å²) in [4.78, 5) is 30.5. The Kier molecular flexibility index (Phi) is 6.84. The van der Waals surface area contributed by atoms with Crippen molar-refractivity contribution in [3.8, 4) is 11.5 Å². The lowest BCUT2D eigenvalue weighted by molar-refractivity contribution is -0.122. The molecule has 0 bridgehead atoms. The molecule has 9 heteroatoms. The molecule has 0 atom stereocenters. The van der Waals surface area contributed by atoms with Gasteiger partial charge in [-0.15, -0.1) is 0 Å². The van der Waals surface area contributed by atoms with Crippen LogP contribution in [0.5, 0.6) is 11.5 Å². The first-order valence-electron chi connectivity index (χ1n) is 8.93. The Morgan fingerprint density at radius 2 is 1.93 bits per heavy atom. The van der Waals surface area contributed by atoms with Crippen molar-refractivity contribution in [1.29, 1.82) is 0 Å². The van der Waals surface area contributed by atoms with Crippen molar-refractivity contribution in [3.63, 3.8) is 0 Å². The summed E-state index contributed by atoms with van der Waals surface area (Å²) in [5, 5.41) is 9.56. The molecule has 0 aromatic heterocycles. The number of ether oxygens (including phenoxy) is 2. The Morgan fingerprint density at radius 3 is 2.50 bits per heavy atom. The summed E-state index contributed by atoms with van der Waals surface area (Å²) in [5.74, 6) is -0.0170. The van der Waals surface area contributed by atoms with Crippen LogP contribution in [0.1, 0.15) is 22.8 Å². The van der Waals surface area contributed by atoms with Crippen LogP contribution >= 0.6 is 27.7 Å². The third-order valence-electron chi connectivity index (χ3n) is 4.30. The van der Waals surface area contributed by atoms with E-state index >= 15 is 0 Å². The van der Waals surface area contributed by atoms with Gasteiger partial charge >= 0.3 is 5.97 Å². The highest BCUT2D eigenvalue weighted by Gasteiger charge is 2.32. The van der Waals surface area contributed by atoms with E-state index in [-0.39, 0.29) is 11.5 Å². The van der Waals surface area contributed by atoms with Gasteiger partial charge in [-0.3, -0.25) is 9.69 Å². The predicted molar refractivity (Wildman–Crippen MR) is 121 cm³/mol. The minimum Gasteiger partial charge on any atom is -0.493 e. The van der Waals surface area contributed by atoms with Gasteiger partial charge in [0.25, 0.3) is 5.91 Å². The van der Waals surface area contributed by atoms with E-state index in [2.05, 4.69) is 20.9 Å². The van der Waals surface area contributed by atoms with Crippen molar-refractivity contribution in [2.24, 2.45) is 4.99 Å². The van der Waals surface area contributed by atoms with Gasteiger partial charge in [-0.2, -0.15) is 0 Å². The number of aromatic carboxylic acids is 1. The molecule has 156 valence electrons. The minimum absolute atomic E-state index is 0.144. The maximum atomic E-state index is 12.9. The van der Waals surface area contributed by atoms with Crippen LogP contribution < -0.4 is 9.47 Å². The van der Waals surface area contributed by atoms with Gasteiger partial charge in [0.15, 0.2) is 16.7 Å². The van der Waals surface area contributed by atoms with Crippen molar-refractivity contribution < 1.29 is 24.2 Å². The number of hydrogen-bond donors (Lipinski definition) is 1. The summed E-state index contributed by atoms with van der Waals surface area (Å²) < 4.78 is 11.4. The van der Waals surface area contributed by atoms with Gasteiger partial charge < -0.3 is 14.6 Å². The van der Waals surface area contributed by atoms with Gasteiger partial charge in [0.1, 0.15) is 0 Å².